The normalized spacial score (nSPS) is 10.8. The van der Waals surface area contributed by atoms with E-state index in [2.05, 4.69) is 0 Å². The van der Waals surface area contributed by atoms with Crippen LogP contribution in [0.15, 0.2) is 78.9 Å². The highest BCUT2D eigenvalue weighted by atomic mass is 35.5. The van der Waals surface area contributed by atoms with E-state index in [1.54, 1.807) is 0 Å². The van der Waals surface area contributed by atoms with Gasteiger partial charge in [-0.1, -0.05) is 60.7 Å². The molecule has 28 heavy (non-hydrogen) atoms. The number of rotatable bonds is 5. The van der Waals surface area contributed by atoms with Crippen LogP contribution in [-0.2, 0) is 24.5 Å². The Morgan fingerprint density at radius 1 is 0.679 bits per heavy atom. The molecule has 0 aliphatic heterocycles. The van der Waals surface area contributed by atoms with Crippen molar-refractivity contribution in [1.29, 1.82) is 0 Å². The average Bonchev–Trinajstić information content (AvgIpc) is 2.73. The Hall–Kier alpha value is -2.17. The van der Waals surface area contributed by atoms with Crippen LogP contribution < -0.4 is 4.74 Å². The fraction of sp³-hybridized carbons (Fsp3) is 0.182. The molecule has 0 fully saturated rings. The summed E-state index contributed by atoms with van der Waals surface area (Å²) in [5.41, 5.74) is 1.74. The highest BCUT2D eigenvalue weighted by molar-refractivity contribution is 6.17. The predicted octanol–water partition coefficient (Wildman–Crippen LogP) is 7.45. The summed E-state index contributed by atoms with van der Waals surface area (Å²) in [5, 5.41) is 0. The van der Waals surface area contributed by atoms with Crippen molar-refractivity contribution in [2.75, 3.05) is 0 Å². The van der Waals surface area contributed by atoms with Crippen molar-refractivity contribution in [3.05, 3.63) is 101 Å². The zero-order chi connectivity index (χ0) is 20.4. The molecule has 0 aliphatic rings. The molecule has 6 heteroatoms. The van der Waals surface area contributed by atoms with Gasteiger partial charge in [0.2, 0.25) is 0 Å². The summed E-state index contributed by atoms with van der Waals surface area (Å²) in [7, 11) is 0. The average molecular weight is 427 g/mol. The van der Waals surface area contributed by atoms with Gasteiger partial charge in [-0.15, -0.1) is 23.2 Å². The second-order valence-corrected chi connectivity index (χ2v) is 6.37. The van der Waals surface area contributed by atoms with E-state index in [1.807, 2.05) is 54.6 Å². The molecule has 1 nitrogen and oxygen atoms in total. The van der Waals surface area contributed by atoms with Gasteiger partial charge in [0.1, 0.15) is 12.4 Å². The first-order chi connectivity index (χ1) is 13.4. The van der Waals surface area contributed by atoms with Crippen molar-refractivity contribution in [2.24, 2.45) is 0 Å². The molecule has 0 atom stereocenters. The summed E-state index contributed by atoms with van der Waals surface area (Å²) < 4.78 is 42.2. The van der Waals surface area contributed by atoms with E-state index < -0.39 is 11.7 Å². The van der Waals surface area contributed by atoms with Crippen LogP contribution in [0.3, 0.4) is 0 Å². The summed E-state index contributed by atoms with van der Waals surface area (Å²) >= 11 is 11.0. The van der Waals surface area contributed by atoms with E-state index in [0.29, 0.717) is 12.5 Å². The number of hydrogen-bond acceptors (Lipinski definition) is 1. The van der Waals surface area contributed by atoms with Gasteiger partial charge >= 0.3 is 6.18 Å². The van der Waals surface area contributed by atoms with Crippen molar-refractivity contribution in [1.82, 2.24) is 0 Å². The van der Waals surface area contributed by atoms with Gasteiger partial charge in [-0.25, -0.2) is 0 Å². The van der Waals surface area contributed by atoms with Crippen molar-refractivity contribution >= 4 is 23.2 Å². The standard InChI is InChI=1S/C14H13ClO.C8H6ClF3/c15-10-12-6-8-14(9-7-12)16-11-13-4-2-1-3-5-13;9-5-6-3-1-2-4-7(6)8(10,11)12/h1-9H,10-11H2;1-4H,5H2. The molecule has 3 rings (SSSR count). The summed E-state index contributed by atoms with van der Waals surface area (Å²) in [5.74, 6) is 1.30. The lowest BCUT2D eigenvalue weighted by Crippen LogP contribution is -2.07. The van der Waals surface area contributed by atoms with Crippen molar-refractivity contribution < 1.29 is 17.9 Å². The molecule has 0 N–H and O–H groups in total. The van der Waals surface area contributed by atoms with Crippen LogP contribution in [0, 0.1) is 0 Å². The van der Waals surface area contributed by atoms with Crippen molar-refractivity contribution in [3.63, 3.8) is 0 Å². The third-order valence-electron chi connectivity index (χ3n) is 3.79. The predicted molar refractivity (Wildman–Crippen MR) is 108 cm³/mol. The molecule has 0 spiro atoms. The molecule has 0 radical (unpaired) electrons. The van der Waals surface area contributed by atoms with Crippen LogP contribution in [0.25, 0.3) is 0 Å². The van der Waals surface area contributed by atoms with Crippen LogP contribution in [0.4, 0.5) is 13.2 Å². The van der Waals surface area contributed by atoms with Crippen LogP contribution in [-0.4, -0.2) is 0 Å². The van der Waals surface area contributed by atoms with Gasteiger partial charge in [-0.2, -0.15) is 13.2 Å². The van der Waals surface area contributed by atoms with E-state index in [4.69, 9.17) is 27.9 Å². The third kappa shape index (κ3) is 7.10. The lowest BCUT2D eigenvalue weighted by molar-refractivity contribution is -0.138. The minimum atomic E-state index is -4.30. The summed E-state index contributed by atoms with van der Waals surface area (Å²) in [6, 6.07) is 23.2. The van der Waals surface area contributed by atoms with Crippen LogP contribution >= 0.6 is 23.2 Å². The molecular formula is C22H19Cl2F3O. The first-order valence-electron chi connectivity index (χ1n) is 8.46. The Balaban J connectivity index is 0.000000209. The molecule has 0 saturated carbocycles. The Kier molecular flexibility index (Phi) is 8.68. The highest BCUT2D eigenvalue weighted by Crippen LogP contribution is 2.32. The molecule has 0 aliphatic carbocycles. The Labute approximate surface area is 172 Å². The van der Waals surface area contributed by atoms with Crippen LogP contribution in [0.2, 0.25) is 0 Å². The number of benzene rings is 3. The number of hydrogen-bond donors (Lipinski definition) is 0. The molecule has 0 aromatic heterocycles. The summed E-state index contributed by atoms with van der Waals surface area (Å²) in [4.78, 5) is 0. The van der Waals surface area contributed by atoms with Crippen molar-refractivity contribution in [2.45, 2.75) is 24.5 Å². The maximum absolute atomic E-state index is 12.2. The van der Waals surface area contributed by atoms with Gasteiger partial charge in [0.15, 0.2) is 0 Å². The lowest BCUT2D eigenvalue weighted by atomic mass is 10.1. The van der Waals surface area contributed by atoms with Crippen molar-refractivity contribution in [3.8, 4) is 5.75 Å². The molecular weight excluding hydrogens is 408 g/mol. The quantitative estimate of drug-likeness (QED) is 0.385. The minimum Gasteiger partial charge on any atom is -0.489 e. The first-order valence-corrected chi connectivity index (χ1v) is 9.53. The fourth-order valence-electron chi connectivity index (χ4n) is 2.33. The lowest BCUT2D eigenvalue weighted by Gasteiger charge is -2.09. The third-order valence-corrected chi connectivity index (χ3v) is 4.39. The zero-order valence-corrected chi connectivity index (χ0v) is 16.4. The Bertz CT molecular complexity index is 834. The Morgan fingerprint density at radius 3 is 1.82 bits per heavy atom. The molecule has 0 amide bonds. The van der Waals surface area contributed by atoms with Crippen LogP contribution in [0.5, 0.6) is 5.75 Å². The molecule has 0 bridgehead atoms. The molecule has 3 aromatic rings. The monoisotopic (exact) mass is 426 g/mol. The molecule has 0 heterocycles. The van der Waals surface area contributed by atoms with E-state index in [-0.39, 0.29) is 11.4 Å². The Morgan fingerprint density at radius 2 is 1.29 bits per heavy atom. The zero-order valence-electron chi connectivity index (χ0n) is 14.9. The molecule has 0 saturated heterocycles. The topological polar surface area (TPSA) is 9.23 Å². The van der Waals surface area contributed by atoms with E-state index >= 15 is 0 Å². The molecule has 3 aromatic carbocycles. The van der Waals surface area contributed by atoms with Gasteiger partial charge in [-0.3, -0.25) is 0 Å². The van der Waals surface area contributed by atoms with Crippen LogP contribution in [0.1, 0.15) is 22.3 Å². The minimum absolute atomic E-state index is 0.115. The van der Waals surface area contributed by atoms with Gasteiger partial charge in [0, 0.05) is 11.8 Å². The molecule has 0 unspecified atom stereocenters. The second kappa shape index (κ2) is 11.0. The van der Waals surface area contributed by atoms with Gasteiger partial charge < -0.3 is 4.74 Å². The largest absolute Gasteiger partial charge is 0.489 e. The smallest absolute Gasteiger partial charge is 0.416 e. The van der Waals surface area contributed by atoms with E-state index in [9.17, 15) is 13.2 Å². The SMILES string of the molecule is ClCc1ccc(OCc2ccccc2)cc1.FC(F)(F)c1ccccc1CCl. The maximum atomic E-state index is 12.2. The van der Waals surface area contributed by atoms with Gasteiger partial charge in [0.25, 0.3) is 0 Å². The van der Waals surface area contributed by atoms with Gasteiger partial charge in [0.05, 0.1) is 5.56 Å². The number of alkyl halides is 5. The fourth-order valence-corrected chi connectivity index (χ4v) is 2.74. The number of ether oxygens (including phenoxy) is 1. The first kappa shape index (κ1) is 22.1. The van der Waals surface area contributed by atoms with E-state index in [1.165, 1.54) is 23.8 Å². The van der Waals surface area contributed by atoms with Gasteiger partial charge in [-0.05, 0) is 34.9 Å². The highest BCUT2D eigenvalue weighted by Gasteiger charge is 2.32. The summed E-state index contributed by atoms with van der Waals surface area (Å²) in [6.45, 7) is 0.598. The number of halogens is 5. The summed E-state index contributed by atoms with van der Waals surface area (Å²) in [6.07, 6.45) is -4.30. The second-order valence-electron chi connectivity index (χ2n) is 5.84. The molecule has 148 valence electrons. The van der Waals surface area contributed by atoms with E-state index in [0.717, 1.165) is 17.4 Å². The maximum Gasteiger partial charge on any atom is 0.416 e.